The molecule has 0 radical (unpaired) electrons. The van der Waals surface area contributed by atoms with Crippen molar-refractivity contribution in [1.82, 2.24) is 31.9 Å². The van der Waals surface area contributed by atoms with Gasteiger partial charge in [-0.05, 0) is 25.7 Å². The van der Waals surface area contributed by atoms with Gasteiger partial charge in [0.15, 0.2) is 5.96 Å². The van der Waals surface area contributed by atoms with Crippen LogP contribution in [-0.4, -0.2) is 74.4 Å². The highest BCUT2D eigenvalue weighted by Crippen LogP contribution is 2.01. The highest BCUT2D eigenvalue weighted by atomic mass is 16.2. The molecule has 0 saturated carbocycles. The SMILES string of the molecule is CCCNC(=N)NC(=O)NCCCC[C@H](NC(=O)CNC(=O)CN)C(=O)NCC(N)=O. The number of carbonyl (C=O) groups excluding carboxylic acids is 5. The van der Waals surface area contributed by atoms with Crippen LogP contribution in [0.25, 0.3) is 0 Å². The van der Waals surface area contributed by atoms with Crippen molar-refractivity contribution in [2.45, 2.75) is 38.6 Å². The molecule has 0 unspecified atom stereocenters. The van der Waals surface area contributed by atoms with Gasteiger partial charge in [0.25, 0.3) is 0 Å². The summed E-state index contributed by atoms with van der Waals surface area (Å²) in [6, 6.07) is -1.49. The lowest BCUT2D eigenvalue weighted by atomic mass is 10.1. The van der Waals surface area contributed by atoms with Crippen molar-refractivity contribution in [2.75, 3.05) is 32.7 Å². The fourth-order valence-corrected chi connectivity index (χ4v) is 2.19. The summed E-state index contributed by atoms with van der Waals surface area (Å²) < 4.78 is 0. The van der Waals surface area contributed by atoms with Crippen molar-refractivity contribution < 1.29 is 24.0 Å². The first-order valence-electron chi connectivity index (χ1n) is 9.89. The van der Waals surface area contributed by atoms with Gasteiger partial charge in [0.1, 0.15) is 6.04 Å². The fourth-order valence-electron chi connectivity index (χ4n) is 2.19. The van der Waals surface area contributed by atoms with Crippen LogP contribution in [0.4, 0.5) is 4.79 Å². The van der Waals surface area contributed by atoms with Crippen LogP contribution in [0.5, 0.6) is 0 Å². The summed E-state index contributed by atoms with van der Waals surface area (Å²) in [5.41, 5.74) is 10.1. The lowest BCUT2D eigenvalue weighted by molar-refractivity contribution is -0.130. The predicted octanol–water partition coefficient (Wildman–Crippen LogP) is -3.45. The van der Waals surface area contributed by atoms with E-state index >= 15 is 0 Å². The Balaban J connectivity index is 4.43. The van der Waals surface area contributed by atoms with E-state index < -0.39 is 35.7 Å². The first-order chi connectivity index (χ1) is 14.7. The number of urea groups is 1. The number of rotatable bonds is 14. The summed E-state index contributed by atoms with van der Waals surface area (Å²) >= 11 is 0. The molecular weight excluding hydrogens is 410 g/mol. The zero-order valence-electron chi connectivity index (χ0n) is 17.6. The molecule has 0 aromatic heterocycles. The van der Waals surface area contributed by atoms with E-state index in [0.29, 0.717) is 19.4 Å². The second-order valence-electron chi connectivity index (χ2n) is 6.46. The lowest BCUT2D eigenvalue weighted by Crippen LogP contribution is -2.51. The van der Waals surface area contributed by atoms with E-state index in [2.05, 4.69) is 31.9 Å². The number of nitrogens with two attached hydrogens (primary N) is 2. The summed E-state index contributed by atoms with van der Waals surface area (Å²) in [6.07, 6.45) is 1.98. The Kier molecular flexibility index (Phi) is 14.6. The van der Waals surface area contributed by atoms with Crippen LogP contribution >= 0.6 is 0 Å². The molecule has 176 valence electrons. The van der Waals surface area contributed by atoms with E-state index in [1.807, 2.05) is 6.92 Å². The lowest BCUT2D eigenvalue weighted by Gasteiger charge is -2.18. The number of guanidine groups is 1. The molecule has 6 amide bonds. The Morgan fingerprint density at radius 2 is 1.61 bits per heavy atom. The Labute approximate surface area is 180 Å². The summed E-state index contributed by atoms with van der Waals surface area (Å²) in [7, 11) is 0. The Bertz CT molecular complexity index is 641. The van der Waals surface area contributed by atoms with Gasteiger partial charge in [0.05, 0.1) is 19.6 Å². The summed E-state index contributed by atoms with van der Waals surface area (Å²) in [5.74, 6) is -2.56. The van der Waals surface area contributed by atoms with Crippen LogP contribution in [0.1, 0.15) is 32.6 Å². The normalized spacial score (nSPS) is 10.9. The van der Waals surface area contributed by atoms with Crippen molar-refractivity contribution in [3.8, 4) is 0 Å². The second-order valence-corrected chi connectivity index (χ2v) is 6.46. The van der Waals surface area contributed by atoms with Gasteiger partial charge in [-0.1, -0.05) is 6.92 Å². The molecule has 0 bridgehead atoms. The van der Waals surface area contributed by atoms with E-state index in [1.54, 1.807) is 0 Å². The molecule has 0 saturated heterocycles. The minimum absolute atomic E-state index is 0.102. The Hall–Kier alpha value is -3.42. The van der Waals surface area contributed by atoms with Gasteiger partial charge in [-0.2, -0.15) is 0 Å². The minimum atomic E-state index is -0.957. The zero-order chi connectivity index (χ0) is 23.6. The molecule has 0 aliphatic rings. The average molecular weight is 444 g/mol. The zero-order valence-corrected chi connectivity index (χ0v) is 17.6. The van der Waals surface area contributed by atoms with Crippen LogP contribution in [0, 0.1) is 5.41 Å². The number of primary amides is 1. The first-order valence-corrected chi connectivity index (χ1v) is 9.89. The van der Waals surface area contributed by atoms with Crippen LogP contribution in [0.2, 0.25) is 0 Å². The second kappa shape index (κ2) is 16.4. The average Bonchev–Trinajstić information content (AvgIpc) is 2.72. The monoisotopic (exact) mass is 443 g/mol. The molecule has 31 heavy (non-hydrogen) atoms. The quantitative estimate of drug-likeness (QED) is 0.0747. The maximum Gasteiger partial charge on any atom is 0.321 e. The van der Waals surface area contributed by atoms with Gasteiger partial charge in [0.2, 0.25) is 23.6 Å². The molecule has 0 spiro atoms. The molecule has 0 aromatic carbocycles. The number of hydrogen-bond donors (Lipinski definition) is 9. The maximum atomic E-state index is 12.2. The summed E-state index contributed by atoms with van der Waals surface area (Å²) in [6.45, 7) is 1.78. The van der Waals surface area contributed by atoms with Crippen molar-refractivity contribution in [3.63, 3.8) is 0 Å². The van der Waals surface area contributed by atoms with E-state index in [9.17, 15) is 24.0 Å². The van der Waals surface area contributed by atoms with E-state index in [4.69, 9.17) is 16.9 Å². The van der Waals surface area contributed by atoms with Crippen molar-refractivity contribution in [2.24, 2.45) is 11.5 Å². The highest BCUT2D eigenvalue weighted by Gasteiger charge is 2.20. The van der Waals surface area contributed by atoms with E-state index in [0.717, 1.165) is 6.42 Å². The molecule has 0 aliphatic carbocycles. The van der Waals surface area contributed by atoms with E-state index in [-0.39, 0.29) is 38.6 Å². The van der Waals surface area contributed by atoms with Crippen LogP contribution in [0.15, 0.2) is 0 Å². The van der Waals surface area contributed by atoms with Gasteiger partial charge in [-0.3, -0.25) is 29.9 Å². The topological polar surface area (TPSA) is 233 Å². The molecule has 0 heterocycles. The van der Waals surface area contributed by atoms with Gasteiger partial charge < -0.3 is 38.1 Å². The summed E-state index contributed by atoms with van der Waals surface area (Å²) in [5, 5.41) is 22.2. The Morgan fingerprint density at radius 1 is 0.903 bits per heavy atom. The highest BCUT2D eigenvalue weighted by molar-refractivity contribution is 5.94. The van der Waals surface area contributed by atoms with Gasteiger partial charge in [-0.25, -0.2) is 4.79 Å². The number of carbonyl (C=O) groups is 5. The Morgan fingerprint density at radius 3 is 2.23 bits per heavy atom. The smallest absolute Gasteiger partial charge is 0.321 e. The molecule has 1 atom stereocenters. The van der Waals surface area contributed by atoms with Crippen LogP contribution in [-0.2, 0) is 19.2 Å². The van der Waals surface area contributed by atoms with E-state index in [1.165, 1.54) is 0 Å². The number of amides is 6. The van der Waals surface area contributed by atoms with Crippen LogP contribution < -0.4 is 43.4 Å². The van der Waals surface area contributed by atoms with Gasteiger partial charge in [0, 0.05) is 13.1 Å². The summed E-state index contributed by atoms with van der Waals surface area (Å²) in [4.78, 5) is 57.8. The number of hydrogen-bond acceptors (Lipinski definition) is 7. The molecule has 0 rings (SSSR count). The van der Waals surface area contributed by atoms with Crippen molar-refractivity contribution in [1.29, 1.82) is 5.41 Å². The van der Waals surface area contributed by atoms with Crippen molar-refractivity contribution in [3.05, 3.63) is 0 Å². The van der Waals surface area contributed by atoms with Crippen molar-refractivity contribution >= 4 is 35.6 Å². The molecule has 0 aromatic rings. The third kappa shape index (κ3) is 15.1. The molecule has 11 N–H and O–H groups in total. The third-order valence-electron chi connectivity index (χ3n) is 3.72. The molecule has 0 aliphatic heterocycles. The van der Waals surface area contributed by atoms with Gasteiger partial charge in [-0.15, -0.1) is 0 Å². The molecule has 14 nitrogen and oxygen atoms in total. The number of nitrogens with one attached hydrogen (secondary N) is 7. The maximum absolute atomic E-state index is 12.2. The first kappa shape index (κ1) is 27.6. The van der Waals surface area contributed by atoms with Crippen LogP contribution in [0.3, 0.4) is 0 Å². The third-order valence-corrected chi connectivity index (χ3v) is 3.72. The predicted molar refractivity (Wildman–Crippen MR) is 113 cm³/mol. The largest absolute Gasteiger partial charge is 0.368 e. The standard InChI is InChI=1S/C17H33N9O5/c1-2-6-21-16(20)26-17(31)22-7-4-3-5-11(15(30)24-9-12(19)27)25-14(29)10-23-13(28)8-18/h11H,2-10,18H2,1H3,(H2,19,27)(H,23,28)(H,24,30)(H,25,29)(H4,20,21,22,26,31)/t11-/m0/s1. The molecular formula is C17H33N9O5. The fraction of sp³-hybridized carbons (Fsp3) is 0.647. The molecule has 14 heteroatoms. The van der Waals surface area contributed by atoms with Gasteiger partial charge >= 0.3 is 6.03 Å². The molecule has 0 fully saturated rings. The number of unbranched alkanes of at least 4 members (excludes halogenated alkanes) is 1. The minimum Gasteiger partial charge on any atom is -0.368 e.